The number of hydrazone groups is 1. The van der Waals surface area contributed by atoms with E-state index in [1.54, 1.807) is 14.2 Å². The highest BCUT2D eigenvalue weighted by atomic mass is 16.5. The third-order valence-corrected chi connectivity index (χ3v) is 7.78. The smallest absolute Gasteiger partial charge is 0.330 e. The summed E-state index contributed by atoms with van der Waals surface area (Å²) in [6, 6.07) is 24.5. The van der Waals surface area contributed by atoms with Crippen LogP contribution in [0.4, 0.5) is 0 Å². The lowest BCUT2D eigenvalue weighted by atomic mass is 9.77. The first-order chi connectivity index (χ1) is 21.5. The van der Waals surface area contributed by atoms with Gasteiger partial charge in [0.1, 0.15) is 11.5 Å². The summed E-state index contributed by atoms with van der Waals surface area (Å²) in [5, 5.41) is 18.5. The van der Waals surface area contributed by atoms with Gasteiger partial charge in [0.2, 0.25) is 5.82 Å². The van der Waals surface area contributed by atoms with Crippen LogP contribution in [-0.4, -0.2) is 63.6 Å². The number of ether oxygens (including phenoxy) is 3. The Bertz CT molecular complexity index is 1680. The van der Waals surface area contributed by atoms with Gasteiger partial charge in [0.05, 0.1) is 26.0 Å². The molecule has 2 heterocycles. The molecule has 44 heavy (non-hydrogen) atoms. The number of rotatable bonds is 9. The molecule has 11 heteroatoms. The maximum Gasteiger partial charge on any atom is 0.330 e. The Morgan fingerprint density at radius 1 is 0.932 bits per heavy atom. The van der Waals surface area contributed by atoms with Crippen molar-refractivity contribution in [2.45, 2.75) is 31.8 Å². The van der Waals surface area contributed by atoms with Gasteiger partial charge in [-0.05, 0) is 71.5 Å². The minimum atomic E-state index is -0.652. The van der Waals surface area contributed by atoms with Crippen molar-refractivity contribution >= 4 is 23.7 Å². The molecule has 224 valence electrons. The molecule has 1 saturated carbocycles. The average Bonchev–Trinajstić information content (AvgIpc) is 3.70. The zero-order valence-corrected chi connectivity index (χ0v) is 24.5. The predicted octanol–water partition coefficient (Wildman–Crippen LogP) is 4.72. The average molecular weight is 593 g/mol. The van der Waals surface area contributed by atoms with Crippen LogP contribution < -0.4 is 9.47 Å². The Morgan fingerprint density at radius 2 is 1.64 bits per heavy atom. The minimum Gasteiger partial charge on any atom is -0.497 e. The highest BCUT2D eigenvalue weighted by Crippen LogP contribution is 2.44. The fourth-order valence-electron chi connectivity index (χ4n) is 5.63. The molecule has 0 bridgehead atoms. The topological polar surface area (TPSA) is 121 Å². The number of carbonyl (C=O) groups is 2. The van der Waals surface area contributed by atoms with Crippen molar-refractivity contribution in [3.63, 3.8) is 0 Å². The third-order valence-electron chi connectivity index (χ3n) is 7.78. The van der Waals surface area contributed by atoms with Gasteiger partial charge < -0.3 is 14.2 Å². The molecule has 1 aliphatic carbocycles. The maximum absolute atomic E-state index is 13.6. The van der Waals surface area contributed by atoms with Gasteiger partial charge in [0.15, 0.2) is 13.2 Å². The molecule has 2 aliphatic rings. The summed E-state index contributed by atoms with van der Waals surface area (Å²) < 4.78 is 16.0. The van der Waals surface area contributed by atoms with Gasteiger partial charge in [0.25, 0.3) is 5.91 Å². The van der Waals surface area contributed by atoms with E-state index in [9.17, 15) is 9.59 Å². The van der Waals surface area contributed by atoms with Crippen molar-refractivity contribution in [1.82, 2.24) is 25.2 Å². The van der Waals surface area contributed by atoms with Crippen molar-refractivity contribution in [3.05, 3.63) is 95.6 Å². The van der Waals surface area contributed by atoms with E-state index in [2.05, 4.69) is 21.5 Å². The molecule has 2 unspecified atom stereocenters. The lowest BCUT2D eigenvalue weighted by Crippen LogP contribution is -2.34. The van der Waals surface area contributed by atoms with Crippen molar-refractivity contribution in [1.29, 1.82) is 0 Å². The van der Waals surface area contributed by atoms with Crippen LogP contribution in [0.1, 0.15) is 36.4 Å². The summed E-state index contributed by atoms with van der Waals surface area (Å²) in [5.74, 6) is 0.833. The van der Waals surface area contributed by atoms with Crippen molar-refractivity contribution in [3.8, 4) is 22.9 Å². The first-order valence-electron chi connectivity index (χ1n) is 14.4. The Morgan fingerprint density at radius 3 is 2.34 bits per heavy atom. The largest absolute Gasteiger partial charge is 0.497 e. The first kappa shape index (κ1) is 28.8. The van der Waals surface area contributed by atoms with Gasteiger partial charge in [-0.2, -0.15) is 9.90 Å². The van der Waals surface area contributed by atoms with Crippen molar-refractivity contribution in [2.75, 3.05) is 20.8 Å². The van der Waals surface area contributed by atoms with Crippen LogP contribution in [0.5, 0.6) is 11.5 Å². The summed E-state index contributed by atoms with van der Waals surface area (Å²) >= 11 is 0. The van der Waals surface area contributed by atoms with Crippen LogP contribution in [0.3, 0.4) is 0 Å². The van der Waals surface area contributed by atoms with Crippen LogP contribution in [0.15, 0.2) is 89.5 Å². The molecule has 0 spiro atoms. The number of carbonyl (C=O) groups excluding carboxylic acids is 2. The molecule has 0 radical (unpaired) electrons. The number of hydrogen-bond acceptors (Lipinski definition) is 9. The van der Waals surface area contributed by atoms with E-state index in [0.717, 1.165) is 63.5 Å². The lowest BCUT2D eigenvalue weighted by molar-refractivity contribution is -0.153. The maximum atomic E-state index is 13.6. The SMILES string of the molecule is COc1ccc(C=C2CCCC3C2=NN(C(=O)COC(=O)Cn2nnc(-c4ccccc4)n2)C3c2ccc(OC)cc2)cc1. The molecule has 11 nitrogen and oxygen atoms in total. The van der Waals surface area contributed by atoms with E-state index in [-0.39, 0.29) is 18.5 Å². The summed E-state index contributed by atoms with van der Waals surface area (Å²) in [6.07, 6.45) is 4.81. The van der Waals surface area contributed by atoms with Crippen molar-refractivity contribution in [2.24, 2.45) is 11.0 Å². The van der Waals surface area contributed by atoms with E-state index in [4.69, 9.17) is 19.3 Å². The lowest BCUT2D eigenvalue weighted by Gasteiger charge is -2.29. The molecule has 4 aromatic rings. The fourth-order valence-corrected chi connectivity index (χ4v) is 5.63. The van der Waals surface area contributed by atoms with Crippen LogP contribution in [0.25, 0.3) is 17.5 Å². The molecule has 3 aromatic carbocycles. The molecule has 1 amide bonds. The number of amides is 1. The zero-order chi connectivity index (χ0) is 30.5. The molecule has 2 atom stereocenters. The summed E-state index contributed by atoms with van der Waals surface area (Å²) in [7, 11) is 3.26. The van der Waals surface area contributed by atoms with Gasteiger partial charge in [-0.3, -0.25) is 4.79 Å². The van der Waals surface area contributed by atoms with E-state index in [0.29, 0.717) is 5.82 Å². The van der Waals surface area contributed by atoms with E-state index in [1.807, 2.05) is 78.9 Å². The number of methoxy groups -OCH3 is 2. The number of aromatic nitrogens is 4. The number of tetrazole rings is 1. The normalized spacial score (nSPS) is 18.5. The number of fused-ring (bicyclic) bond motifs is 1. The van der Waals surface area contributed by atoms with Gasteiger partial charge in [-0.1, -0.05) is 54.6 Å². The molecule has 1 fully saturated rings. The van der Waals surface area contributed by atoms with Gasteiger partial charge in [-0.15, -0.1) is 10.2 Å². The second-order valence-corrected chi connectivity index (χ2v) is 10.6. The van der Waals surface area contributed by atoms with Crippen LogP contribution in [0.2, 0.25) is 0 Å². The molecule has 0 N–H and O–H groups in total. The molecular weight excluding hydrogens is 560 g/mol. The highest BCUT2D eigenvalue weighted by molar-refractivity contribution is 6.08. The zero-order valence-electron chi connectivity index (χ0n) is 24.5. The molecule has 6 rings (SSSR count). The monoisotopic (exact) mass is 592 g/mol. The Kier molecular flexibility index (Phi) is 8.44. The molecule has 1 aromatic heterocycles. The summed E-state index contributed by atoms with van der Waals surface area (Å²) in [5.41, 5.74) is 4.71. The fraction of sp³-hybridized carbons (Fsp3) is 0.273. The third kappa shape index (κ3) is 6.22. The Labute approximate surface area is 254 Å². The molecule has 1 aliphatic heterocycles. The van der Waals surface area contributed by atoms with Crippen LogP contribution >= 0.6 is 0 Å². The highest BCUT2D eigenvalue weighted by Gasteiger charge is 2.43. The molecule has 0 saturated heterocycles. The van der Waals surface area contributed by atoms with E-state index < -0.39 is 18.5 Å². The van der Waals surface area contributed by atoms with Gasteiger partial charge in [-0.25, -0.2) is 9.80 Å². The number of benzene rings is 3. The van der Waals surface area contributed by atoms with Crippen LogP contribution in [-0.2, 0) is 20.9 Å². The number of esters is 1. The standard InChI is InChI=1S/C33H32N6O5/c1-42-26-15-11-22(12-16-26)19-25-9-6-10-28-31(25)35-39(32(28)23-13-17-27(43-2)18-14-23)29(40)21-44-30(41)20-38-36-33(34-37-38)24-7-4-3-5-8-24/h3-5,7-8,11-19,28,32H,6,9-10,20-21H2,1-2H3. The molecular formula is C33H32N6O5. The Balaban J connectivity index is 1.20. The Hall–Kier alpha value is -5.32. The second-order valence-electron chi connectivity index (χ2n) is 10.6. The van der Waals surface area contributed by atoms with Crippen molar-refractivity contribution < 1.29 is 23.8 Å². The second kappa shape index (κ2) is 12.9. The number of hydrogen-bond donors (Lipinski definition) is 0. The van der Waals surface area contributed by atoms with Gasteiger partial charge in [0, 0.05) is 11.5 Å². The van der Waals surface area contributed by atoms with Gasteiger partial charge >= 0.3 is 5.97 Å². The number of allylic oxidation sites excluding steroid dienone is 1. The van der Waals surface area contributed by atoms with E-state index >= 15 is 0 Å². The summed E-state index contributed by atoms with van der Waals surface area (Å²) in [6.45, 7) is -0.742. The predicted molar refractivity (Wildman–Crippen MR) is 163 cm³/mol. The number of nitrogens with zero attached hydrogens (tertiary/aromatic N) is 6. The van der Waals surface area contributed by atoms with E-state index in [1.165, 1.54) is 5.01 Å². The first-order valence-corrected chi connectivity index (χ1v) is 14.4. The quantitative estimate of drug-likeness (QED) is 0.256. The summed E-state index contributed by atoms with van der Waals surface area (Å²) in [4.78, 5) is 27.4. The minimum absolute atomic E-state index is 0.00273. The van der Waals surface area contributed by atoms with Crippen LogP contribution in [0, 0.1) is 5.92 Å².